The van der Waals surface area contributed by atoms with Gasteiger partial charge in [0, 0.05) is 31.5 Å². The molecule has 3 aliphatic rings. The minimum atomic E-state index is -0.808. The minimum absolute atomic E-state index is 0.0364. The number of carboxylic acids is 1. The van der Waals surface area contributed by atoms with Gasteiger partial charge in [-0.05, 0) is 35.1 Å². The van der Waals surface area contributed by atoms with E-state index in [4.69, 9.17) is 9.47 Å². The Labute approximate surface area is 175 Å². The van der Waals surface area contributed by atoms with Gasteiger partial charge in [-0.15, -0.1) is 0 Å². The molecular weight excluding hydrogens is 382 g/mol. The molecule has 0 saturated carbocycles. The molecule has 0 radical (unpaired) electrons. The lowest BCUT2D eigenvalue weighted by molar-refractivity contribution is -0.144. The van der Waals surface area contributed by atoms with Crippen LogP contribution in [0.4, 0.5) is 4.79 Å². The van der Waals surface area contributed by atoms with Gasteiger partial charge in [0.2, 0.25) is 0 Å². The van der Waals surface area contributed by atoms with Crippen LogP contribution in [0, 0.1) is 11.8 Å². The predicted octanol–water partition coefficient (Wildman–Crippen LogP) is 3.75. The van der Waals surface area contributed by atoms with Gasteiger partial charge < -0.3 is 19.5 Å². The second-order valence-corrected chi connectivity index (χ2v) is 8.37. The van der Waals surface area contributed by atoms with E-state index < -0.39 is 11.9 Å². The first kappa shape index (κ1) is 19.1. The Morgan fingerprint density at radius 2 is 1.70 bits per heavy atom. The minimum Gasteiger partial charge on any atom is -0.481 e. The number of rotatable bonds is 4. The number of likely N-dealkylation sites (tertiary alicyclic amines) is 1. The van der Waals surface area contributed by atoms with Gasteiger partial charge in [-0.3, -0.25) is 4.79 Å². The van der Waals surface area contributed by atoms with Crippen molar-refractivity contribution in [1.29, 1.82) is 0 Å². The van der Waals surface area contributed by atoms with Crippen molar-refractivity contribution in [3.63, 3.8) is 0 Å². The van der Waals surface area contributed by atoms with Gasteiger partial charge in [0.1, 0.15) is 6.61 Å². The fraction of sp³-hybridized carbons (Fsp3) is 0.417. The molecule has 156 valence electrons. The summed E-state index contributed by atoms with van der Waals surface area (Å²) >= 11 is 0. The third-order valence-electron chi connectivity index (χ3n) is 6.74. The lowest BCUT2D eigenvalue weighted by Crippen LogP contribution is -2.35. The summed E-state index contributed by atoms with van der Waals surface area (Å²) in [4.78, 5) is 25.9. The number of aliphatic carboxylic acids is 1. The van der Waals surface area contributed by atoms with E-state index in [-0.39, 0.29) is 24.0 Å². The molecular formula is C24H25NO5. The first-order valence-corrected chi connectivity index (χ1v) is 10.6. The molecule has 5 rings (SSSR count). The molecule has 2 heterocycles. The molecule has 2 saturated heterocycles. The number of carbonyl (C=O) groups excluding carboxylic acids is 1. The first-order chi connectivity index (χ1) is 14.6. The Kier molecular flexibility index (Phi) is 4.95. The van der Waals surface area contributed by atoms with Gasteiger partial charge >= 0.3 is 12.1 Å². The van der Waals surface area contributed by atoms with Crippen LogP contribution in [0.5, 0.6) is 0 Å². The molecule has 0 aromatic heterocycles. The van der Waals surface area contributed by atoms with Crippen molar-refractivity contribution in [3.8, 4) is 11.1 Å². The molecule has 3 atom stereocenters. The van der Waals surface area contributed by atoms with Gasteiger partial charge in [0.05, 0.1) is 12.0 Å². The van der Waals surface area contributed by atoms with Crippen molar-refractivity contribution in [2.75, 3.05) is 26.3 Å². The fourth-order valence-corrected chi connectivity index (χ4v) is 5.25. The summed E-state index contributed by atoms with van der Waals surface area (Å²) in [5.74, 6) is -1.20. The maximum atomic E-state index is 12.7. The maximum absolute atomic E-state index is 12.7. The van der Waals surface area contributed by atoms with Crippen LogP contribution in [0.15, 0.2) is 48.5 Å². The van der Waals surface area contributed by atoms with Crippen molar-refractivity contribution in [2.45, 2.75) is 24.9 Å². The zero-order valence-corrected chi connectivity index (χ0v) is 16.7. The number of ether oxygens (including phenoxy) is 2. The average molecular weight is 407 g/mol. The fourth-order valence-electron chi connectivity index (χ4n) is 5.25. The molecule has 2 aromatic rings. The Bertz CT molecular complexity index is 928. The number of carboxylic acid groups (broad SMARTS) is 1. The molecule has 1 unspecified atom stereocenters. The largest absolute Gasteiger partial charge is 0.481 e. The molecule has 30 heavy (non-hydrogen) atoms. The van der Waals surface area contributed by atoms with Crippen molar-refractivity contribution >= 4 is 12.1 Å². The van der Waals surface area contributed by atoms with Crippen LogP contribution in [-0.4, -0.2) is 54.5 Å². The highest BCUT2D eigenvalue weighted by Gasteiger charge is 2.43. The van der Waals surface area contributed by atoms with E-state index in [1.165, 1.54) is 22.3 Å². The van der Waals surface area contributed by atoms with E-state index in [2.05, 4.69) is 24.3 Å². The number of hydrogen-bond acceptors (Lipinski definition) is 4. The third-order valence-corrected chi connectivity index (χ3v) is 6.74. The average Bonchev–Trinajstić information content (AvgIpc) is 3.49. The van der Waals surface area contributed by atoms with Gasteiger partial charge in [-0.25, -0.2) is 4.79 Å². The second kappa shape index (κ2) is 7.76. The summed E-state index contributed by atoms with van der Waals surface area (Å²) in [6.07, 6.45) is 0.651. The van der Waals surface area contributed by atoms with Crippen LogP contribution in [0.25, 0.3) is 11.1 Å². The highest BCUT2D eigenvalue weighted by molar-refractivity contribution is 5.79. The SMILES string of the molecule is O=C(O)[C@@H]1CCO[C@H]1C1CCN(C(=O)OCC2c3ccccc3-c3ccccc32)C1. The summed E-state index contributed by atoms with van der Waals surface area (Å²) < 4.78 is 11.4. The Balaban J connectivity index is 1.24. The van der Waals surface area contributed by atoms with Crippen LogP contribution >= 0.6 is 0 Å². The van der Waals surface area contributed by atoms with E-state index in [1.807, 2.05) is 24.3 Å². The summed E-state index contributed by atoms with van der Waals surface area (Å²) in [6.45, 7) is 1.84. The standard InChI is InChI=1S/C24H25NO5/c26-23(27)20-10-12-29-22(20)15-9-11-25(13-15)24(28)30-14-21-18-7-3-1-5-16(18)17-6-2-4-8-19(17)21/h1-8,15,20-22H,9-14H2,(H,26,27)/t15?,20-,22+/m1/s1. The van der Waals surface area contributed by atoms with E-state index >= 15 is 0 Å². The normalized spacial score (nSPS) is 25.2. The number of amides is 1. The van der Waals surface area contributed by atoms with Crippen LogP contribution in [0.3, 0.4) is 0 Å². The molecule has 1 amide bonds. The van der Waals surface area contributed by atoms with Crippen molar-refractivity contribution in [1.82, 2.24) is 4.90 Å². The molecule has 0 spiro atoms. The lowest BCUT2D eigenvalue weighted by atomic mass is 9.90. The van der Waals surface area contributed by atoms with Gasteiger partial charge in [-0.2, -0.15) is 0 Å². The number of hydrogen-bond donors (Lipinski definition) is 1. The van der Waals surface area contributed by atoms with Gasteiger partial charge in [0.25, 0.3) is 0 Å². The molecule has 0 bridgehead atoms. The van der Waals surface area contributed by atoms with Crippen molar-refractivity contribution in [2.24, 2.45) is 11.8 Å². The van der Waals surface area contributed by atoms with E-state index in [1.54, 1.807) is 4.90 Å². The van der Waals surface area contributed by atoms with Crippen LogP contribution < -0.4 is 0 Å². The molecule has 1 aliphatic carbocycles. The predicted molar refractivity (Wildman–Crippen MR) is 110 cm³/mol. The van der Waals surface area contributed by atoms with Crippen molar-refractivity contribution < 1.29 is 24.2 Å². The molecule has 2 aromatic carbocycles. The Hall–Kier alpha value is -2.86. The Morgan fingerprint density at radius 3 is 2.37 bits per heavy atom. The summed E-state index contributed by atoms with van der Waals surface area (Å²) in [7, 11) is 0. The highest BCUT2D eigenvalue weighted by atomic mass is 16.6. The topological polar surface area (TPSA) is 76.1 Å². The molecule has 1 N–H and O–H groups in total. The quantitative estimate of drug-likeness (QED) is 0.835. The lowest BCUT2D eigenvalue weighted by Gasteiger charge is -2.23. The monoisotopic (exact) mass is 407 g/mol. The third kappa shape index (κ3) is 3.25. The summed E-state index contributed by atoms with van der Waals surface area (Å²) in [5, 5.41) is 9.40. The van der Waals surface area contributed by atoms with Crippen LogP contribution in [-0.2, 0) is 14.3 Å². The summed E-state index contributed by atoms with van der Waals surface area (Å²) in [5.41, 5.74) is 4.78. The van der Waals surface area contributed by atoms with Crippen LogP contribution in [0.2, 0.25) is 0 Å². The molecule has 2 fully saturated rings. The molecule has 6 heteroatoms. The van der Waals surface area contributed by atoms with Crippen molar-refractivity contribution in [3.05, 3.63) is 59.7 Å². The number of nitrogens with zero attached hydrogens (tertiary/aromatic N) is 1. The van der Waals surface area contributed by atoms with E-state index in [0.717, 1.165) is 6.42 Å². The molecule has 2 aliphatic heterocycles. The molecule has 6 nitrogen and oxygen atoms in total. The van der Waals surface area contributed by atoms with Crippen LogP contribution in [0.1, 0.15) is 29.9 Å². The number of fused-ring (bicyclic) bond motifs is 3. The zero-order valence-electron chi connectivity index (χ0n) is 16.7. The highest BCUT2D eigenvalue weighted by Crippen LogP contribution is 2.44. The maximum Gasteiger partial charge on any atom is 0.409 e. The summed E-state index contributed by atoms with van der Waals surface area (Å²) in [6, 6.07) is 16.5. The van der Waals surface area contributed by atoms with Gasteiger partial charge in [-0.1, -0.05) is 48.5 Å². The zero-order chi connectivity index (χ0) is 20.7. The Morgan fingerprint density at radius 1 is 1.03 bits per heavy atom. The number of carbonyl (C=O) groups is 2. The van der Waals surface area contributed by atoms with E-state index in [9.17, 15) is 14.7 Å². The van der Waals surface area contributed by atoms with E-state index in [0.29, 0.717) is 32.7 Å². The van der Waals surface area contributed by atoms with Gasteiger partial charge in [0.15, 0.2) is 0 Å². The smallest absolute Gasteiger partial charge is 0.409 e. The number of benzene rings is 2. The first-order valence-electron chi connectivity index (χ1n) is 10.6. The second-order valence-electron chi connectivity index (χ2n) is 8.37.